The lowest BCUT2D eigenvalue weighted by molar-refractivity contribution is -0.130. The van der Waals surface area contributed by atoms with Crippen LogP contribution < -0.4 is 15.6 Å². The number of nitrogens with one attached hydrogen (secondary N) is 2. The first-order valence-corrected chi connectivity index (χ1v) is 13.9. The van der Waals surface area contributed by atoms with Crippen molar-refractivity contribution in [1.29, 1.82) is 5.26 Å². The molecule has 2 N–H and O–H groups in total. The fourth-order valence-electron chi connectivity index (χ4n) is 4.48. The smallest absolute Gasteiger partial charge is 0.301 e. The molecular formula is C26H31N7O4S. The highest BCUT2D eigenvalue weighted by molar-refractivity contribution is 7.90. The fourth-order valence-corrected chi connectivity index (χ4v) is 5.42. The van der Waals surface area contributed by atoms with Crippen LogP contribution in [0.5, 0.6) is 0 Å². The number of fused-ring (bicyclic) bond motifs is 1. The topological polar surface area (TPSA) is 140 Å². The summed E-state index contributed by atoms with van der Waals surface area (Å²) in [4.78, 5) is 31.2. The van der Waals surface area contributed by atoms with E-state index in [0.717, 1.165) is 17.1 Å². The molecule has 2 heterocycles. The van der Waals surface area contributed by atoms with Crippen LogP contribution in [0, 0.1) is 17.2 Å². The highest BCUT2D eigenvalue weighted by atomic mass is 32.2. The van der Waals surface area contributed by atoms with Gasteiger partial charge in [0.2, 0.25) is 5.91 Å². The Morgan fingerprint density at radius 1 is 1.21 bits per heavy atom. The number of aromatic nitrogens is 2. The van der Waals surface area contributed by atoms with Gasteiger partial charge in [-0.05, 0) is 49.1 Å². The van der Waals surface area contributed by atoms with Gasteiger partial charge in [-0.15, -0.1) is 0 Å². The van der Waals surface area contributed by atoms with E-state index in [-0.39, 0.29) is 35.2 Å². The Bertz CT molecular complexity index is 1550. The molecule has 12 heteroatoms. The van der Waals surface area contributed by atoms with Crippen LogP contribution in [0.4, 0.5) is 17.1 Å². The number of amides is 1. The Labute approximate surface area is 221 Å². The van der Waals surface area contributed by atoms with Gasteiger partial charge in [-0.25, -0.2) is 4.98 Å². The molecule has 0 radical (unpaired) electrons. The van der Waals surface area contributed by atoms with E-state index < -0.39 is 10.2 Å². The second-order valence-corrected chi connectivity index (χ2v) is 11.1. The molecule has 0 aliphatic carbocycles. The van der Waals surface area contributed by atoms with Gasteiger partial charge in [-0.1, -0.05) is 13.0 Å². The summed E-state index contributed by atoms with van der Waals surface area (Å²) in [5.74, 6) is 0.351. The van der Waals surface area contributed by atoms with E-state index in [2.05, 4.69) is 21.1 Å². The van der Waals surface area contributed by atoms with Crippen LogP contribution in [0.25, 0.3) is 10.9 Å². The molecule has 1 saturated heterocycles. The molecule has 3 aromatic rings. The minimum atomic E-state index is -3.81. The van der Waals surface area contributed by atoms with Gasteiger partial charge in [-0.2, -0.15) is 18.0 Å². The Kier molecular flexibility index (Phi) is 7.99. The number of benzene rings is 2. The number of nitriles is 1. The lowest BCUT2D eigenvalue weighted by Gasteiger charge is -2.31. The van der Waals surface area contributed by atoms with Crippen LogP contribution in [0.15, 0.2) is 47.5 Å². The van der Waals surface area contributed by atoms with Gasteiger partial charge in [0.05, 0.1) is 34.2 Å². The zero-order chi connectivity index (χ0) is 27.4. The predicted octanol–water partition coefficient (Wildman–Crippen LogP) is 2.88. The number of nitrogens with zero attached hydrogens (tertiary/aromatic N) is 5. The number of carbonyl (C=O) groups excluding carboxylic acids is 1. The van der Waals surface area contributed by atoms with E-state index in [9.17, 15) is 23.3 Å². The summed E-state index contributed by atoms with van der Waals surface area (Å²) >= 11 is 0. The van der Waals surface area contributed by atoms with Crippen molar-refractivity contribution in [2.24, 2.45) is 5.92 Å². The second kappa shape index (κ2) is 11.2. The molecule has 11 nitrogen and oxygen atoms in total. The van der Waals surface area contributed by atoms with Crippen molar-refractivity contribution in [3.63, 3.8) is 0 Å². The number of anilines is 3. The van der Waals surface area contributed by atoms with Crippen LogP contribution in [0.3, 0.4) is 0 Å². The average Bonchev–Trinajstić information content (AvgIpc) is 2.90. The summed E-state index contributed by atoms with van der Waals surface area (Å²) < 4.78 is 30.2. The molecule has 200 valence electrons. The number of likely N-dealkylation sites (tertiary alicyclic amines) is 1. The van der Waals surface area contributed by atoms with Crippen molar-refractivity contribution in [3.8, 4) is 6.07 Å². The number of hydrogen-bond donors (Lipinski definition) is 2. The molecule has 38 heavy (non-hydrogen) atoms. The molecule has 1 aliphatic heterocycles. The van der Waals surface area contributed by atoms with Gasteiger partial charge in [-0.3, -0.25) is 18.9 Å². The molecule has 4 rings (SSSR count). The second-order valence-electron chi connectivity index (χ2n) is 9.37. The van der Waals surface area contributed by atoms with Crippen molar-refractivity contribution >= 4 is 44.1 Å². The normalized spacial score (nSPS) is 14.4. The lowest BCUT2D eigenvalue weighted by atomic mass is 9.96. The van der Waals surface area contributed by atoms with Crippen LogP contribution in [-0.2, 0) is 21.5 Å². The maximum absolute atomic E-state index is 13.3. The summed E-state index contributed by atoms with van der Waals surface area (Å²) in [5.41, 5.74) is 1.61. The fraction of sp³-hybridized carbons (Fsp3) is 0.385. The van der Waals surface area contributed by atoms with E-state index in [1.165, 1.54) is 13.1 Å². The van der Waals surface area contributed by atoms with Gasteiger partial charge in [0.15, 0.2) is 0 Å². The standard InChI is InChI=1S/C26H31N7O4S/c1-4-31(3)38(36,37)30-25-7-5-6-24(22(25)15-27)29-20-8-9-23-21(14-20)26(35)33(17-28-23)16-19-10-12-32(13-11-19)18(2)34/h5-9,14,17,19,29-30H,4,10-13,16H2,1-3H3. The first-order chi connectivity index (χ1) is 18.1. The third kappa shape index (κ3) is 5.79. The maximum Gasteiger partial charge on any atom is 0.301 e. The average molecular weight is 538 g/mol. The zero-order valence-corrected chi connectivity index (χ0v) is 22.5. The predicted molar refractivity (Wildman–Crippen MR) is 146 cm³/mol. The number of carbonyl (C=O) groups is 1. The van der Waals surface area contributed by atoms with Gasteiger partial charge in [0.1, 0.15) is 6.07 Å². The summed E-state index contributed by atoms with van der Waals surface area (Å²) in [6, 6.07) is 12.1. The van der Waals surface area contributed by atoms with E-state index in [1.807, 2.05) is 4.90 Å². The lowest BCUT2D eigenvalue weighted by Crippen LogP contribution is -2.38. The quantitative estimate of drug-likeness (QED) is 0.450. The molecule has 1 amide bonds. The van der Waals surface area contributed by atoms with Crippen LogP contribution in [0.2, 0.25) is 0 Å². The molecule has 1 aromatic heterocycles. The first kappa shape index (κ1) is 27.1. The van der Waals surface area contributed by atoms with Gasteiger partial charge in [0.25, 0.3) is 5.56 Å². The van der Waals surface area contributed by atoms with Gasteiger partial charge in [0, 0.05) is 45.8 Å². The van der Waals surface area contributed by atoms with Crippen molar-refractivity contribution in [2.45, 2.75) is 33.2 Å². The summed E-state index contributed by atoms with van der Waals surface area (Å²) in [6.07, 6.45) is 3.22. The van der Waals surface area contributed by atoms with Crippen molar-refractivity contribution in [2.75, 3.05) is 36.7 Å². The third-order valence-electron chi connectivity index (χ3n) is 6.89. The summed E-state index contributed by atoms with van der Waals surface area (Å²) in [5, 5.41) is 13.4. The molecule has 2 aromatic carbocycles. The van der Waals surface area contributed by atoms with E-state index in [1.54, 1.807) is 55.1 Å². The Hall–Kier alpha value is -3.95. The highest BCUT2D eigenvalue weighted by Gasteiger charge is 2.22. The summed E-state index contributed by atoms with van der Waals surface area (Å²) in [7, 11) is -2.37. The van der Waals surface area contributed by atoms with E-state index in [4.69, 9.17) is 0 Å². The van der Waals surface area contributed by atoms with Crippen molar-refractivity contribution in [1.82, 2.24) is 18.8 Å². The molecule has 0 atom stereocenters. The third-order valence-corrected chi connectivity index (χ3v) is 8.45. The van der Waals surface area contributed by atoms with E-state index in [0.29, 0.717) is 41.9 Å². The minimum Gasteiger partial charge on any atom is -0.354 e. The monoisotopic (exact) mass is 537 g/mol. The minimum absolute atomic E-state index is 0.0730. The largest absolute Gasteiger partial charge is 0.354 e. The number of rotatable bonds is 8. The van der Waals surface area contributed by atoms with Crippen molar-refractivity contribution in [3.05, 3.63) is 58.6 Å². The molecule has 0 unspecified atom stereocenters. The van der Waals surface area contributed by atoms with Crippen LogP contribution in [0.1, 0.15) is 32.3 Å². The van der Waals surface area contributed by atoms with Crippen LogP contribution >= 0.6 is 0 Å². The van der Waals surface area contributed by atoms with Crippen LogP contribution in [-0.4, -0.2) is 59.8 Å². The van der Waals surface area contributed by atoms with E-state index >= 15 is 0 Å². The number of hydrogen-bond acceptors (Lipinski definition) is 7. The summed E-state index contributed by atoms with van der Waals surface area (Å²) in [6.45, 7) is 5.46. The molecule has 0 spiro atoms. The zero-order valence-electron chi connectivity index (χ0n) is 21.6. The molecular weight excluding hydrogens is 506 g/mol. The van der Waals surface area contributed by atoms with Crippen molar-refractivity contribution < 1.29 is 13.2 Å². The number of piperidine rings is 1. The molecule has 0 saturated carbocycles. The Balaban J connectivity index is 1.58. The highest BCUT2D eigenvalue weighted by Crippen LogP contribution is 2.28. The molecule has 1 fully saturated rings. The maximum atomic E-state index is 13.3. The molecule has 0 bridgehead atoms. The Morgan fingerprint density at radius 3 is 2.58 bits per heavy atom. The van der Waals surface area contributed by atoms with Gasteiger partial charge >= 0.3 is 10.2 Å². The molecule has 1 aliphatic rings. The first-order valence-electron chi connectivity index (χ1n) is 12.4. The van der Waals surface area contributed by atoms with Gasteiger partial charge < -0.3 is 10.2 Å². The SMILES string of the molecule is CCN(C)S(=O)(=O)Nc1cccc(Nc2ccc3ncn(CC4CCN(C(C)=O)CC4)c(=O)c3c2)c1C#N. The Morgan fingerprint density at radius 2 is 1.92 bits per heavy atom.